The van der Waals surface area contributed by atoms with Crippen molar-refractivity contribution in [2.24, 2.45) is 7.05 Å². The molecule has 0 spiro atoms. The highest BCUT2D eigenvalue weighted by Gasteiger charge is 2.13. The van der Waals surface area contributed by atoms with Gasteiger partial charge in [-0.3, -0.25) is 14.0 Å². The molecule has 158 valence electrons. The van der Waals surface area contributed by atoms with E-state index in [1.807, 2.05) is 36.0 Å². The Bertz CT molecular complexity index is 1470. The first kappa shape index (κ1) is 19.6. The molecule has 0 bridgehead atoms. The van der Waals surface area contributed by atoms with Crippen molar-refractivity contribution in [1.82, 2.24) is 24.3 Å². The third kappa shape index (κ3) is 3.62. The number of carbonyl (C=O) groups is 1. The number of anilines is 1. The van der Waals surface area contributed by atoms with Crippen LogP contribution in [0, 0.1) is 5.82 Å². The van der Waals surface area contributed by atoms with Crippen LogP contribution in [0.3, 0.4) is 0 Å². The summed E-state index contributed by atoms with van der Waals surface area (Å²) in [6, 6.07) is 15.9. The maximum atomic E-state index is 14.5. The van der Waals surface area contributed by atoms with E-state index in [0.717, 1.165) is 22.2 Å². The van der Waals surface area contributed by atoms with Gasteiger partial charge >= 0.3 is 0 Å². The summed E-state index contributed by atoms with van der Waals surface area (Å²) in [6.07, 6.45) is 5.41. The van der Waals surface area contributed by atoms with Gasteiger partial charge in [-0.15, -0.1) is 0 Å². The van der Waals surface area contributed by atoms with E-state index in [4.69, 9.17) is 0 Å². The standard InChI is InChI=1S/C24H19FN6O/c1-15(32)28-23-10-17(19-5-3-4-6-20(19)25)11-24(29-23)31-14-26-21-9-16(7-8-22(21)31)18-12-27-30(2)13-18/h3-14H,1-2H3,(H,28,29,32). The summed E-state index contributed by atoms with van der Waals surface area (Å²) in [5, 5.41) is 6.92. The number of rotatable bonds is 4. The van der Waals surface area contributed by atoms with Crippen molar-refractivity contribution in [1.29, 1.82) is 0 Å². The Labute approximate surface area is 183 Å². The smallest absolute Gasteiger partial charge is 0.222 e. The minimum Gasteiger partial charge on any atom is -0.311 e. The van der Waals surface area contributed by atoms with E-state index in [9.17, 15) is 9.18 Å². The highest BCUT2D eigenvalue weighted by atomic mass is 19.1. The van der Waals surface area contributed by atoms with E-state index in [0.29, 0.717) is 22.8 Å². The number of carbonyl (C=O) groups excluding carboxylic acids is 1. The summed E-state index contributed by atoms with van der Waals surface area (Å²) >= 11 is 0. The van der Waals surface area contributed by atoms with Gasteiger partial charge in [-0.1, -0.05) is 24.3 Å². The van der Waals surface area contributed by atoms with Crippen molar-refractivity contribution in [3.63, 3.8) is 0 Å². The van der Waals surface area contributed by atoms with E-state index in [-0.39, 0.29) is 11.7 Å². The fraction of sp³-hybridized carbons (Fsp3) is 0.0833. The lowest BCUT2D eigenvalue weighted by molar-refractivity contribution is -0.114. The molecule has 8 heteroatoms. The van der Waals surface area contributed by atoms with Crippen LogP contribution in [-0.2, 0) is 11.8 Å². The summed E-state index contributed by atoms with van der Waals surface area (Å²) in [4.78, 5) is 20.8. The molecule has 0 atom stereocenters. The Balaban J connectivity index is 1.64. The minimum absolute atomic E-state index is 0.259. The molecule has 0 unspecified atom stereocenters. The van der Waals surface area contributed by atoms with E-state index in [1.54, 1.807) is 47.5 Å². The summed E-state index contributed by atoms with van der Waals surface area (Å²) in [7, 11) is 1.87. The normalized spacial score (nSPS) is 11.1. The predicted octanol–water partition coefficient (Wildman–Crippen LogP) is 4.59. The van der Waals surface area contributed by atoms with E-state index < -0.39 is 0 Å². The number of hydrogen-bond acceptors (Lipinski definition) is 4. The highest BCUT2D eigenvalue weighted by Crippen LogP contribution is 2.29. The number of pyridine rings is 1. The molecule has 1 amide bonds. The van der Waals surface area contributed by atoms with Gasteiger partial charge in [0, 0.05) is 31.3 Å². The second-order valence-corrected chi connectivity index (χ2v) is 7.48. The maximum absolute atomic E-state index is 14.5. The molecule has 0 radical (unpaired) electrons. The third-order valence-electron chi connectivity index (χ3n) is 5.13. The van der Waals surface area contributed by atoms with Crippen LogP contribution >= 0.6 is 0 Å². The van der Waals surface area contributed by atoms with E-state index >= 15 is 0 Å². The van der Waals surface area contributed by atoms with Crippen molar-refractivity contribution in [3.8, 4) is 28.1 Å². The van der Waals surface area contributed by atoms with Crippen LogP contribution in [0.2, 0.25) is 0 Å². The summed E-state index contributed by atoms with van der Waals surface area (Å²) in [6.45, 7) is 1.41. The largest absolute Gasteiger partial charge is 0.311 e. The van der Waals surface area contributed by atoms with Gasteiger partial charge in [0.25, 0.3) is 0 Å². The van der Waals surface area contributed by atoms with Crippen molar-refractivity contribution < 1.29 is 9.18 Å². The molecular formula is C24H19FN6O. The van der Waals surface area contributed by atoms with Gasteiger partial charge < -0.3 is 5.32 Å². The Kier molecular flexibility index (Phi) is 4.74. The molecule has 7 nitrogen and oxygen atoms in total. The first-order valence-corrected chi connectivity index (χ1v) is 9.99. The number of benzene rings is 2. The molecule has 0 aliphatic rings. The van der Waals surface area contributed by atoms with Gasteiger partial charge in [0.05, 0.1) is 17.2 Å². The number of aryl methyl sites for hydroxylation is 1. The molecule has 0 aliphatic carbocycles. The Morgan fingerprint density at radius 3 is 2.62 bits per heavy atom. The minimum atomic E-state index is -0.352. The van der Waals surface area contributed by atoms with Crippen LogP contribution in [0.25, 0.3) is 39.1 Å². The zero-order chi connectivity index (χ0) is 22.2. The van der Waals surface area contributed by atoms with Crippen LogP contribution in [0.15, 0.2) is 73.3 Å². The van der Waals surface area contributed by atoms with Crippen LogP contribution in [-0.4, -0.2) is 30.2 Å². The molecular weight excluding hydrogens is 407 g/mol. The van der Waals surface area contributed by atoms with Crippen LogP contribution < -0.4 is 5.32 Å². The zero-order valence-corrected chi connectivity index (χ0v) is 17.5. The Morgan fingerprint density at radius 1 is 1.03 bits per heavy atom. The van der Waals surface area contributed by atoms with Crippen molar-refractivity contribution in [3.05, 3.63) is 79.1 Å². The molecule has 5 rings (SSSR count). The molecule has 0 fully saturated rings. The summed E-state index contributed by atoms with van der Waals surface area (Å²) in [5.74, 6) is 0.244. The second-order valence-electron chi connectivity index (χ2n) is 7.48. The van der Waals surface area contributed by atoms with Gasteiger partial charge in [-0.05, 0) is 41.5 Å². The van der Waals surface area contributed by atoms with E-state index in [1.165, 1.54) is 13.0 Å². The lowest BCUT2D eigenvalue weighted by Gasteiger charge is -2.11. The molecule has 1 N–H and O–H groups in total. The SMILES string of the molecule is CC(=O)Nc1cc(-c2ccccc2F)cc(-n2cnc3cc(-c4cnn(C)c4)ccc32)n1. The third-order valence-corrected chi connectivity index (χ3v) is 5.13. The van der Waals surface area contributed by atoms with Gasteiger partial charge in [0.1, 0.15) is 23.8 Å². The topological polar surface area (TPSA) is 77.6 Å². The zero-order valence-electron chi connectivity index (χ0n) is 17.5. The number of aromatic nitrogens is 5. The number of halogens is 1. The number of imidazole rings is 1. The van der Waals surface area contributed by atoms with Crippen molar-refractivity contribution in [2.45, 2.75) is 6.92 Å². The Hall–Kier alpha value is -4.33. The predicted molar refractivity (Wildman–Crippen MR) is 121 cm³/mol. The molecule has 0 aliphatic heterocycles. The summed E-state index contributed by atoms with van der Waals surface area (Å²) in [5.41, 5.74) is 4.64. The van der Waals surface area contributed by atoms with Crippen molar-refractivity contribution >= 4 is 22.8 Å². The highest BCUT2D eigenvalue weighted by molar-refractivity contribution is 5.89. The molecule has 2 aromatic carbocycles. The van der Waals surface area contributed by atoms with E-state index in [2.05, 4.69) is 20.4 Å². The maximum Gasteiger partial charge on any atom is 0.222 e. The number of nitrogens with one attached hydrogen (secondary N) is 1. The molecule has 3 aromatic heterocycles. The molecule has 3 heterocycles. The van der Waals surface area contributed by atoms with Crippen molar-refractivity contribution in [2.75, 3.05) is 5.32 Å². The van der Waals surface area contributed by atoms with Crippen LogP contribution in [0.1, 0.15) is 6.92 Å². The molecule has 0 saturated carbocycles. The quantitative estimate of drug-likeness (QED) is 0.456. The molecule has 32 heavy (non-hydrogen) atoms. The average Bonchev–Trinajstić information content (AvgIpc) is 3.39. The fourth-order valence-electron chi connectivity index (χ4n) is 3.68. The Morgan fingerprint density at radius 2 is 1.88 bits per heavy atom. The fourth-order valence-corrected chi connectivity index (χ4v) is 3.68. The number of fused-ring (bicyclic) bond motifs is 1. The number of amides is 1. The van der Waals surface area contributed by atoms with Crippen LogP contribution in [0.5, 0.6) is 0 Å². The first-order valence-electron chi connectivity index (χ1n) is 9.99. The van der Waals surface area contributed by atoms with Crippen LogP contribution in [0.4, 0.5) is 10.2 Å². The lowest BCUT2D eigenvalue weighted by Crippen LogP contribution is -2.09. The van der Waals surface area contributed by atoms with Gasteiger partial charge in [0.2, 0.25) is 5.91 Å². The second kappa shape index (κ2) is 7.73. The molecule has 0 saturated heterocycles. The average molecular weight is 426 g/mol. The van der Waals surface area contributed by atoms with Gasteiger partial charge in [-0.25, -0.2) is 14.4 Å². The van der Waals surface area contributed by atoms with Gasteiger partial charge in [-0.2, -0.15) is 5.10 Å². The summed E-state index contributed by atoms with van der Waals surface area (Å²) < 4.78 is 18.0. The molecule has 5 aromatic rings. The number of hydrogen-bond donors (Lipinski definition) is 1. The number of nitrogens with zero attached hydrogens (tertiary/aromatic N) is 5. The lowest BCUT2D eigenvalue weighted by atomic mass is 10.1. The monoisotopic (exact) mass is 426 g/mol. The van der Waals surface area contributed by atoms with Gasteiger partial charge in [0.15, 0.2) is 0 Å². The first-order chi connectivity index (χ1) is 15.5.